The molecule has 3 rings (SSSR count). The molecule has 106 valence electrons. The van der Waals surface area contributed by atoms with Crippen LogP contribution in [0.4, 0.5) is 5.69 Å². The lowest BCUT2D eigenvalue weighted by Crippen LogP contribution is -2.28. The van der Waals surface area contributed by atoms with Gasteiger partial charge in [0.2, 0.25) is 0 Å². The normalized spacial score (nSPS) is 17.0. The number of thioether (sulfide) groups is 1. The van der Waals surface area contributed by atoms with Gasteiger partial charge in [-0.05, 0) is 37.6 Å². The molecule has 0 radical (unpaired) electrons. The Labute approximate surface area is 132 Å². The highest BCUT2D eigenvalue weighted by atomic mass is 32.2. The topological polar surface area (TPSA) is 33.5 Å². The van der Waals surface area contributed by atoms with E-state index in [9.17, 15) is 4.79 Å². The van der Waals surface area contributed by atoms with E-state index in [1.807, 2.05) is 50.2 Å². The van der Waals surface area contributed by atoms with Crippen molar-refractivity contribution in [3.63, 3.8) is 0 Å². The zero-order chi connectivity index (χ0) is 15.0. The smallest absolute Gasteiger partial charge is 0.270 e. The minimum atomic E-state index is -0.103. The lowest BCUT2D eigenvalue weighted by Gasteiger charge is -2.16. The zero-order valence-corrected chi connectivity index (χ0v) is 13.3. The number of carbonyl (C=O) groups is 1. The molecule has 0 atom stereocenters. The molecule has 0 spiro atoms. The van der Waals surface area contributed by atoms with Gasteiger partial charge in [0.25, 0.3) is 5.91 Å². The molecule has 0 N–H and O–H groups in total. The van der Waals surface area contributed by atoms with Gasteiger partial charge < -0.3 is 4.42 Å². The Bertz CT molecular complexity index is 761. The molecule has 1 saturated heterocycles. The minimum Gasteiger partial charge on any atom is -0.462 e. The Balaban J connectivity index is 1.96. The molecule has 1 aliphatic heterocycles. The number of hydrogen-bond donors (Lipinski definition) is 0. The van der Waals surface area contributed by atoms with Gasteiger partial charge in [-0.2, -0.15) is 0 Å². The van der Waals surface area contributed by atoms with Gasteiger partial charge in [-0.1, -0.05) is 42.2 Å². The molecule has 2 aromatic rings. The van der Waals surface area contributed by atoms with Crippen LogP contribution in [-0.4, -0.2) is 10.2 Å². The summed E-state index contributed by atoms with van der Waals surface area (Å²) < 4.78 is 6.04. The van der Waals surface area contributed by atoms with Crippen molar-refractivity contribution in [1.82, 2.24) is 0 Å². The molecule has 1 aromatic heterocycles. The van der Waals surface area contributed by atoms with Crippen molar-refractivity contribution >= 4 is 46.0 Å². The third kappa shape index (κ3) is 2.66. The third-order valence-electron chi connectivity index (χ3n) is 3.18. The van der Waals surface area contributed by atoms with Crippen LogP contribution < -0.4 is 4.90 Å². The number of thiocarbonyl (C=S) groups is 1. The highest BCUT2D eigenvalue weighted by Gasteiger charge is 2.34. The van der Waals surface area contributed by atoms with E-state index in [1.165, 1.54) is 11.8 Å². The van der Waals surface area contributed by atoms with E-state index >= 15 is 0 Å². The summed E-state index contributed by atoms with van der Waals surface area (Å²) in [5.74, 6) is 1.38. The number of rotatable bonds is 2. The van der Waals surface area contributed by atoms with Crippen molar-refractivity contribution in [2.24, 2.45) is 0 Å². The molecule has 1 fully saturated rings. The molecule has 1 amide bonds. The molecule has 0 saturated carbocycles. The van der Waals surface area contributed by atoms with Gasteiger partial charge in [-0.15, -0.1) is 0 Å². The maximum Gasteiger partial charge on any atom is 0.270 e. The molecular weight excluding hydrogens is 302 g/mol. The van der Waals surface area contributed by atoms with E-state index in [2.05, 4.69) is 0 Å². The number of furan rings is 1. The monoisotopic (exact) mass is 315 g/mol. The molecule has 21 heavy (non-hydrogen) atoms. The van der Waals surface area contributed by atoms with Crippen LogP contribution in [0.5, 0.6) is 0 Å². The van der Waals surface area contributed by atoms with Crippen molar-refractivity contribution in [3.05, 3.63) is 58.4 Å². The van der Waals surface area contributed by atoms with Gasteiger partial charge >= 0.3 is 0 Å². The lowest BCUT2D eigenvalue weighted by atomic mass is 10.2. The average Bonchev–Trinajstić information content (AvgIpc) is 2.96. The van der Waals surface area contributed by atoms with Gasteiger partial charge in [0.15, 0.2) is 4.32 Å². The maximum atomic E-state index is 12.6. The van der Waals surface area contributed by atoms with Crippen molar-refractivity contribution in [1.29, 1.82) is 0 Å². The van der Waals surface area contributed by atoms with Crippen LogP contribution in [0, 0.1) is 13.8 Å². The molecule has 3 nitrogen and oxygen atoms in total. The molecule has 2 heterocycles. The Hall–Kier alpha value is -1.85. The summed E-state index contributed by atoms with van der Waals surface area (Å²) >= 11 is 6.65. The second-order valence-corrected chi connectivity index (χ2v) is 6.43. The van der Waals surface area contributed by atoms with Crippen LogP contribution in [0.25, 0.3) is 6.08 Å². The number of para-hydroxylation sites is 1. The van der Waals surface area contributed by atoms with Crippen LogP contribution in [0.15, 0.2) is 45.7 Å². The Kier molecular flexibility index (Phi) is 3.69. The van der Waals surface area contributed by atoms with Gasteiger partial charge in [0.1, 0.15) is 11.5 Å². The van der Waals surface area contributed by atoms with Crippen LogP contribution in [0.3, 0.4) is 0 Å². The first kappa shape index (κ1) is 14.1. The van der Waals surface area contributed by atoms with Gasteiger partial charge in [0.05, 0.1) is 10.6 Å². The fourth-order valence-electron chi connectivity index (χ4n) is 2.15. The van der Waals surface area contributed by atoms with E-state index in [4.69, 9.17) is 16.6 Å². The third-order valence-corrected chi connectivity index (χ3v) is 4.49. The number of hydrogen-bond acceptors (Lipinski definition) is 4. The van der Waals surface area contributed by atoms with Crippen molar-refractivity contribution in [2.75, 3.05) is 4.90 Å². The molecule has 1 aliphatic rings. The highest BCUT2D eigenvalue weighted by molar-refractivity contribution is 8.27. The maximum absolute atomic E-state index is 12.6. The van der Waals surface area contributed by atoms with Gasteiger partial charge in [-0.25, -0.2) is 0 Å². The Morgan fingerprint density at radius 2 is 1.95 bits per heavy atom. The Morgan fingerprint density at radius 3 is 2.62 bits per heavy atom. The van der Waals surface area contributed by atoms with Crippen molar-refractivity contribution in [3.8, 4) is 0 Å². The average molecular weight is 315 g/mol. The van der Waals surface area contributed by atoms with E-state index in [0.29, 0.717) is 15.0 Å². The quantitative estimate of drug-likeness (QED) is 0.611. The Morgan fingerprint density at radius 1 is 1.19 bits per heavy atom. The molecule has 5 heteroatoms. The van der Waals surface area contributed by atoms with Crippen LogP contribution in [0.1, 0.15) is 17.1 Å². The highest BCUT2D eigenvalue weighted by Crippen LogP contribution is 2.37. The number of carbonyl (C=O) groups excluding carboxylic acids is 1. The fourth-order valence-corrected chi connectivity index (χ4v) is 3.41. The van der Waals surface area contributed by atoms with Crippen LogP contribution in [-0.2, 0) is 4.79 Å². The summed E-state index contributed by atoms with van der Waals surface area (Å²) in [6, 6.07) is 11.4. The number of anilines is 1. The first-order chi connectivity index (χ1) is 10.1. The summed E-state index contributed by atoms with van der Waals surface area (Å²) in [5, 5.41) is 0. The second-order valence-electron chi connectivity index (χ2n) is 4.75. The molecule has 0 aliphatic carbocycles. The number of benzene rings is 1. The predicted octanol–water partition coefficient (Wildman–Crippen LogP) is 4.30. The second kappa shape index (κ2) is 5.50. The molecule has 1 aromatic carbocycles. The van der Waals surface area contributed by atoms with E-state index in [1.54, 1.807) is 11.0 Å². The SMILES string of the molecule is Cc1ccc(/C=C2\SC(=S)N(c3ccccc3C)C2=O)o1. The van der Waals surface area contributed by atoms with E-state index < -0.39 is 0 Å². The first-order valence-corrected chi connectivity index (χ1v) is 7.69. The van der Waals surface area contributed by atoms with Crippen LogP contribution in [0.2, 0.25) is 0 Å². The molecule has 0 bridgehead atoms. The summed E-state index contributed by atoms with van der Waals surface area (Å²) in [6.45, 7) is 3.84. The zero-order valence-electron chi connectivity index (χ0n) is 11.6. The molecular formula is C16H13NO2S2. The molecule has 0 unspecified atom stereocenters. The van der Waals surface area contributed by atoms with E-state index in [-0.39, 0.29) is 5.91 Å². The number of aryl methyl sites for hydroxylation is 2. The van der Waals surface area contributed by atoms with Gasteiger partial charge in [0, 0.05) is 6.08 Å². The summed E-state index contributed by atoms with van der Waals surface area (Å²) in [6.07, 6.45) is 1.74. The lowest BCUT2D eigenvalue weighted by molar-refractivity contribution is -0.113. The van der Waals surface area contributed by atoms with E-state index in [0.717, 1.165) is 17.0 Å². The largest absolute Gasteiger partial charge is 0.462 e. The number of amides is 1. The summed E-state index contributed by atoms with van der Waals surface area (Å²) in [4.78, 5) is 14.7. The minimum absolute atomic E-state index is 0.103. The van der Waals surface area contributed by atoms with Crippen LogP contribution >= 0.6 is 24.0 Å². The fraction of sp³-hybridized carbons (Fsp3) is 0.125. The van der Waals surface area contributed by atoms with Gasteiger partial charge in [-0.3, -0.25) is 9.69 Å². The summed E-state index contributed by atoms with van der Waals surface area (Å²) in [7, 11) is 0. The standard InChI is InChI=1S/C16H13NO2S2/c1-10-5-3-4-6-13(10)17-15(18)14(21-16(17)20)9-12-8-7-11(2)19-12/h3-9H,1-2H3/b14-9-. The van der Waals surface area contributed by atoms with Crippen molar-refractivity contribution < 1.29 is 9.21 Å². The first-order valence-electron chi connectivity index (χ1n) is 6.46. The number of nitrogens with zero attached hydrogens (tertiary/aromatic N) is 1. The summed E-state index contributed by atoms with van der Waals surface area (Å²) in [5.41, 5.74) is 1.85. The predicted molar refractivity (Wildman–Crippen MR) is 90.3 cm³/mol. The van der Waals surface area contributed by atoms with Crippen molar-refractivity contribution in [2.45, 2.75) is 13.8 Å².